The topological polar surface area (TPSA) is 26.0 Å². The van der Waals surface area contributed by atoms with Crippen LogP contribution in [0.2, 0.25) is 0 Å². The molecule has 2 aliphatic carbocycles. The van der Waals surface area contributed by atoms with E-state index in [1.807, 2.05) is 0 Å². The number of hydrogen-bond donors (Lipinski definition) is 1. The van der Waals surface area contributed by atoms with Gasteiger partial charge in [0.2, 0.25) is 0 Å². The molecule has 2 aliphatic rings. The Labute approximate surface area is 94.8 Å². The average molecular weight is 209 g/mol. The summed E-state index contributed by atoms with van der Waals surface area (Å²) in [5.41, 5.74) is 7.10. The third kappa shape index (κ3) is 2.22. The van der Waals surface area contributed by atoms with E-state index < -0.39 is 0 Å². The lowest BCUT2D eigenvalue weighted by atomic mass is 9.68. The van der Waals surface area contributed by atoms with Gasteiger partial charge in [-0.05, 0) is 61.3 Å². The van der Waals surface area contributed by atoms with Crippen LogP contribution in [0.1, 0.15) is 59.3 Å². The quantitative estimate of drug-likeness (QED) is 0.755. The lowest BCUT2D eigenvalue weighted by Gasteiger charge is -2.38. The second-order valence-electron chi connectivity index (χ2n) is 7.21. The van der Waals surface area contributed by atoms with Gasteiger partial charge in [0.15, 0.2) is 0 Å². The standard InChI is InChI=1S/C14H27N/c1-13(2,3)6-7-14(10-15)9-11-4-5-12(14)8-11/h11-12H,4-10,15H2,1-3H3. The molecule has 1 heteroatoms. The first-order chi connectivity index (χ1) is 6.95. The van der Waals surface area contributed by atoms with Crippen LogP contribution in [0.15, 0.2) is 0 Å². The van der Waals surface area contributed by atoms with Gasteiger partial charge in [0.1, 0.15) is 0 Å². The molecule has 2 fully saturated rings. The van der Waals surface area contributed by atoms with Crippen LogP contribution in [0.3, 0.4) is 0 Å². The van der Waals surface area contributed by atoms with Crippen molar-refractivity contribution in [2.75, 3.05) is 6.54 Å². The van der Waals surface area contributed by atoms with E-state index in [1.165, 1.54) is 38.5 Å². The Kier molecular flexibility index (Phi) is 2.87. The van der Waals surface area contributed by atoms with Crippen LogP contribution in [0.25, 0.3) is 0 Å². The third-order valence-electron chi connectivity index (χ3n) is 4.88. The maximum atomic E-state index is 6.08. The third-order valence-corrected chi connectivity index (χ3v) is 4.88. The molecule has 0 amide bonds. The van der Waals surface area contributed by atoms with E-state index in [1.54, 1.807) is 0 Å². The molecule has 0 heterocycles. The van der Waals surface area contributed by atoms with E-state index in [4.69, 9.17) is 5.73 Å². The van der Waals surface area contributed by atoms with Gasteiger partial charge in [-0.25, -0.2) is 0 Å². The summed E-state index contributed by atoms with van der Waals surface area (Å²) in [6.45, 7) is 7.99. The summed E-state index contributed by atoms with van der Waals surface area (Å²) in [6, 6.07) is 0. The molecule has 2 N–H and O–H groups in total. The predicted molar refractivity (Wildman–Crippen MR) is 65.6 cm³/mol. The van der Waals surface area contributed by atoms with E-state index in [2.05, 4.69) is 20.8 Å². The number of nitrogens with two attached hydrogens (primary N) is 1. The number of fused-ring (bicyclic) bond motifs is 2. The summed E-state index contributed by atoms with van der Waals surface area (Å²) in [5.74, 6) is 1.99. The van der Waals surface area contributed by atoms with Gasteiger partial charge in [-0.1, -0.05) is 27.2 Å². The molecule has 15 heavy (non-hydrogen) atoms. The second-order valence-corrected chi connectivity index (χ2v) is 7.21. The van der Waals surface area contributed by atoms with Crippen molar-refractivity contribution >= 4 is 0 Å². The Balaban J connectivity index is 1.98. The van der Waals surface area contributed by atoms with Gasteiger partial charge >= 0.3 is 0 Å². The van der Waals surface area contributed by atoms with Gasteiger partial charge in [-0.15, -0.1) is 0 Å². The summed E-state index contributed by atoms with van der Waals surface area (Å²) in [4.78, 5) is 0. The van der Waals surface area contributed by atoms with Crippen LogP contribution < -0.4 is 5.73 Å². The Bertz CT molecular complexity index is 228. The molecular formula is C14H27N. The van der Waals surface area contributed by atoms with Gasteiger partial charge in [-0.3, -0.25) is 0 Å². The molecule has 0 saturated heterocycles. The van der Waals surface area contributed by atoms with E-state index in [0.29, 0.717) is 10.8 Å². The van der Waals surface area contributed by atoms with Crippen molar-refractivity contribution in [1.82, 2.24) is 0 Å². The highest BCUT2D eigenvalue weighted by Crippen LogP contribution is 2.58. The van der Waals surface area contributed by atoms with E-state index in [0.717, 1.165) is 18.4 Å². The van der Waals surface area contributed by atoms with Crippen molar-refractivity contribution in [2.24, 2.45) is 28.4 Å². The molecule has 88 valence electrons. The van der Waals surface area contributed by atoms with Crippen molar-refractivity contribution in [3.63, 3.8) is 0 Å². The Morgan fingerprint density at radius 3 is 2.40 bits per heavy atom. The first kappa shape index (κ1) is 11.4. The number of hydrogen-bond acceptors (Lipinski definition) is 1. The Hall–Kier alpha value is -0.0400. The fourth-order valence-electron chi connectivity index (χ4n) is 3.84. The van der Waals surface area contributed by atoms with Crippen LogP contribution in [0, 0.1) is 22.7 Å². The molecular weight excluding hydrogens is 182 g/mol. The zero-order chi connectivity index (χ0) is 11.1. The summed E-state index contributed by atoms with van der Waals surface area (Å²) in [6.07, 6.45) is 8.58. The first-order valence-corrected chi connectivity index (χ1v) is 6.65. The number of rotatable bonds is 3. The monoisotopic (exact) mass is 209 g/mol. The Morgan fingerprint density at radius 1 is 1.27 bits per heavy atom. The van der Waals surface area contributed by atoms with Crippen LogP contribution in [-0.2, 0) is 0 Å². The SMILES string of the molecule is CC(C)(C)CCC1(CN)CC2CCC1C2. The zero-order valence-electron chi connectivity index (χ0n) is 10.7. The lowest BCUT2D eigenvalue weighted by Crippen LogP contribution is -2.36. The van der Waals surface area contributed by atoms with E-state index in [9.17, 15) is 0 Å². The van der Waals surface area contributed by atoms with Gasteiger partial charge in [0.05, 0.1) is 0 Å². The maximum absolute atomic E-state index is 6.08. The summed E-state index contributed by atoms with van der Waals surface area (Å²) in [5, 5.41) is 0. The molecule has 3 unspecified atom stereocenters. The molecule has 1 nitrogen and oxygen atoms in total. The van der Waals surface area contributed by atoms with Gasteiger partial charge in [0.25, 0.3) is 0 Å². The highest BCUT2D eigenvalue weighted by atomic mass is 14.7. The molecule has 3 atom stereocenters. The van der Waals surface area contributed by atoms with E-state index >= 15 is 0 Å². The fourth-order valence-corrected chi connectivity index (χ4v) is 3.84. The Morgan fingerprint density at radius 2 is 2.00 bits per heavy atom. The second kappa shape index (κ2) is 3.76. The van der Waals surface area contributed by atoms with Gasteiger partial charge in [0, 0.05) is 0 Å². The molecule has 0 aromatic carbocycles. The van der Waals surface area contributed by atoms with Crippen molar-refractivity contribution in [2.45, 2.75) is 59.3 Å². The smallest absolute Gasteiger partial charge is 0.00178 e. The summed E-state index contributed by atoms with van der Waals surface area (Å²) in [7, 11) is 0. The minimum atomic E-state index is 0.476. The van der Waals surface area contributed by atoms with Crippen LogP contribution in [-0.4, -0.2) is 6.54 Å². The molecule has 0 aliphatic heterocycles. The van der Waals surface area contributed by atoms with Crippen molar-refractivity contribution in [3.05, 3.63) is 0 Å². The molecule has 0 aromatic rings. The highest BCUT2D eigenvalue weighted by molar-refractivity contribution is 5.01. The first-order valence-electron chi connectivity index (χ1n) is 6.65. The molecule has 0 aromatic heterocycles. The van der Waals surface area contributed by atoms with Gasteiger partial charge in [-0.2, -0.15) is 0 Å². The van der Waals surface area contributed by atoms with Crippen molar-refractivity contribution in [1.29, 1.82) is 0 Å². The molecule has 2 rings (SSSR count). The lowest BCUT2D eigenvalue weighted by molar-refractivity contribution is 0.133. The van der Waals surface area contributed by atoms with E-state index in [-0.39, 0.29) is 0 Å². The molecule has 2 bridgehead atoms. The highest BCUT2D eigenvalue weighted by Gasteiger charge is 2.49. The van der Waals surface area contributed by atoms with Crippen LogP contribution in [0.4, 0.5) is 0 Å². The largest absolute Gasteiger partial charge is 0.330 e. The fraction of sp³-hybridized carbons (Fsp3) is 1.00. The zero-order valence-corrected chi connectivity index (χ0v) is 10.7. The predicted octanol–water partition coefficient (Wildman–Crippen LogP) is 3.58. The van der Waals surface area contributed by atoms with Crippen LogP contribution >= 0.6 is 0 Å². The molecule has 0 radical (unpaired) electrons. The minimum absolute atomic E-state index is 0.476. The van der Waals surface area contributed by atoms with Crippen LogP contribution in [0.5, 0.6) is 0 Å². The summed E-state index contributed by atoms with van der Waals surface area (Å²) >= 11 is 0. The van der Waals surface area contributed by atoms with Crippen molar-refractivity contribution in [3.8, 4) is 0 Å². The normalized spacial score (nSPS) is 40.0. The maximum Gasteiger partial charge on any atom is -0.00178 e. The van der Waals surface area contributed by atoms with Crippen molar-refractivity contribution < 1.29 is 0 Å². The molecule has 2 saturated carbocycles. The molecule has 0 spiro atoms. The average Bonchev–Trinajstić information content (AvgIpc) is 2.73. The minimum Gasteiger partial charge on any atom is -0.330 e. The summed E-state index contributed by atoms with van der Waals surface area (Å²) < 4.78 is 0. The van der Waals surface area contributed by atoms with Gasteiger partial charge < -0.3 is 5.73 Å².